The zero-order valence-corrected chi connectivity index (χ0v) is 41.0. The smallest absolute Gasteiger partial charge is 0.361 e. The Kier molecular flexibility index (Phi) is 43.0. The van der Waals surface area contributed by atoms with E-state index in [4.69, 9.17) is 18.9 Å². The summed E-state index contributed by atoms with van der Waals surface area (Å²) < 4.78 is 22.8. The molecule has 9 heteroatoms. The van der Waals surface area contributed by atoms with Gasteiger partial charge in [-0.25, -0.2) is 4.79 Å². The molecule has 0 aromatic rings. The lowest BCUT2D eigenvalue weighted by Gasteiger charge is -2.25. The number of likely N-dealkylation sites (N-methyl/N-ethyl adjacent to an activating group) is 1. The minimum atomic E-state index is -1.52. The van der Waals surface area contributed by atoms with Crippen molar-refractivity contribution in [2.45, 2.75) is 206 Å². The van der Waals surface area contributed by atoms with Gasteiger partial charge in [0, 0.05) is 12.8 Å². The number of carboxylic acid groups (broad SMARTS) is 1. The monoisotopic (exact) mass is 885 g/mol. The average Bonchev–Trinajstić information content (AvgIpc) is 3.24. The molecule has 0 heterocycles. The molecular formula is C54H94NO8+. The first-order valence-corrected chi connectivity index (χ1v) is 25.1. The third-order valence-electron chi connectivity index (χ3n) is 10.5. The Morgan fingerprint density at radius 1 is 0.492 bits per heavy atom. The van der Waals surface area contributed by atoms with Crippen molar-refractivity contribution in [2.75, 3.05) is 47.5 Å². The van der Waals surface area contributed by atoms with E-state index in [1.807, 2.05) is 21.1 Å². The van der Waals surface area contributed by atoms with Crippen LogP contribution in [0.5, 0.6) is 0 Å². The van der Waals surface area contributed by atoms with E-state index in [2.05, 4.69) is 86.8 Å². The Hall–Kier alpha value is -3.27. The highest BCUT2D eigenvalue weighted by Gasteiger charge is 2.25. The number of aliphatic carboxylic acids is 1. The van der Waals surface area contributed by atoms with Crippen molar-refractivity contribution in [1.82, 2.24) is 0 Å². The van der Waals surface area contributed by atoms with Gasteiger partial charge in [0.2, 0.25) is 0 Å². The minimum Gasteiger partial charge on any atom is -0.477 e. The summed E-state index contributed by atoms with van der Waals surface area (Å²) in [5.41, 5.74) is 0. The van der Waals surface area contributed by atoms with E-state index in [1.54, 1.807) is 0 Å². The number of quaternary nitrogens is 1. The number of ether oxygens (including phenoxy) is 4. The van der Waals surface area contributed by atoms with Crippen molar-refractivity contribution in [3.8, 4) is 0 Å². The Morgan fingerprint density at radius 2 is 0.905 bits per heavy atom. The van der Waals surface area contributed by atoms with E-state index in [-0.39, 0.29) is 32.2 Å². The predicted molar refractivity (Wildman–Crippen MR) is 263 cm³/mol. The van der Waals surface area contributed by atoms with E-state index < -0.39 is 24.3 Å². The molecule has 0 aliphatic carbocycles. The molecule has 0 aliphatic heterocycles. The highest BCUT2D eigenvalue weighted by Crippen LogP contribution is 2.15. The molecule has 2 unspecified atom stereocenters. The van der Waals surface area contributed by atoms with Gasteiger partial charge in [0.05, 0.1) is 34.4 Å². The molecule has 0 rings (SSSR count). The second-order valence-electron chi connectivity index (χ2n) is 17.8. The van der Waals surface area contributed by atoms with Crippen LogP contribution in [0.2, 0.25) is 0 Å². The van der Waals surface area contributed by atoms with Crippen LogP contribution in [0.3, 0.4) is 0 Å². The van der Waals surface area contributed by atoms with Gasteiger partial charge in [0.15, 0.2) is 6.10 Å². The van der Waals surface area contributed by atoms with Crippen LogP contribution in [0.25, 0.3) is 0 Å². The van der Waals surface area contributed by atoms with Crippen LogP contribution in [0.15, 0.2) is 72.9 Å². The fourth-order valence-corrected chi connectivity index (χ4v) is 6.60. The van der Waals surface area contributed by atoms with Crippen LogP contribution in [0.1, 0.15) is 194 Å². The summed E-state index contributed by atoms with van der Waals surface area (Å²) in [4.78, 5) is 37.2. The molecule has 0 radical (unpaired) electrons. The van der Waals surface area contributed by atoms with E-state index in [0.717, 1.165) is 83.5 Å². The van der Waals surface area contributed by atoms with E-state index in [0.29, 0.717) is 23.9 Å². The van der Waals surface area contributed by atoms with Crippen LogP contribution in [-0.2, 0) is 33.3 Å². The van der Waals surface area contributed by atoms with Crippen LogP contribution in [0.4, 0.5) is 0 Å². The van der Waals surface area contributed by atoms with Crippen molar-refractivity contribution < 1.29 is 42.9 Å². The Labute approximate surface area is 386 Å². The molecule has 0 amide bonds. The third kappa shape index (κ3) is 46.5. The number of rotatable bonds is 45. The van der Waals surface area contributed by atoms with E-state index in [9.17, 15) is 19.5 Å². The Morgan fingerprint density at radius 3 is 1.35 bits per heavy atom. The maximum absolute atomic E-state index is 12.8. The first kappa shape index (κ1) is 59.7. The second-order valence-corrected chi connectivity index (χ2v) is 17.8. The maximum atomic E-state index is 12.8. The first-order valence-electron chi connectivity index (χ1n) is 25.1. The molecule has 2 atom stereocenters. The van der Waals surface area contributed by atoms with E-state index in [1.165, 1.54) is 77.0 Å². The highest BCUT2D eigenvalue weighted by atomic mass is 16.7. The summed E-state index contributed by atoms with van der Waals surface area (Å²) in [6.45, 7) is 4.73. The number of allylic oxidation sites excluding steroid dienone is 12. The van der Waals surface area contributed by atoms with Gasteiger partial charge in [-0.1, -0.05) is 189 Å². The summed E-state index contributed by atoms with van der Waals surface area (Å²) in [5.74, 6) is -2.04. The summed E-state index contributed by atoms with van der Waals surface area (Å²) in [7, 11) is 5.95. The third-order valence-corrected chi connectivity index (χ3v) is 10.5. The zero-order valence-electron chi connectivity index (χ0n) is 41.0. The number of esters is 2. The lowest BCUT2D eigenvalue weighted by molar-refractivity contribution is -0.870. The average molecular weight is 885 g/mol. The number of hydrogen-bond acceptors (Lipinski definition) is 7. The van der Waals surface area contributed by atoms with Crippen molar-refractivity contribution in [3.05, 3.63) is 72.9 Å². The molecule has 0 spiro atoms. The van der Waals surface area contributed by atoms with Crippen LogP contribution >= 0.6 is 0 Å². The normalized spacial score (nSPS) is 13.5. The number of carboxylic acids is 1. The van der Waals surface area contributed by atoms with Crippen LogP contribution in [-0.4, -0.2) is 87.4 Å². The molecule has 0 aliphatic rings. The first-order chi connectivity index (χ1) is 30.6. The molecule has 0 saturated carbocycles. The molecule has 0 saturated heterocycles. The molecule has 63 heavy (non-hydrogen) atoms. The van der Waals surface area contributed by atoms with Gasteiger partial charge in [-0.05, 0) is 64.2 Å². The van der Waals surface area contributed by atoms with Gasteiger partial charge in [0.25, 0.3) is 6.29 Å². The van der Waals surface area contributed by atoms with Gasteiger partial charge in [0.1, 0.15) is 13.2 Å². The highest BCUT2D eigenvalue weighted by molar-refractivity contribution is 5.71. The topological polar surface area (TPSA) is 108 Å². The zero-order chi connectivity index (χ0) is 46.3. The lowest BCUT2D eigenvalue weighted by atomic mass is 10.0. The molecule has 1 N–H and O–H groups in total. The number of carbonyl (C=O) groups is 3. The van der Waals surface area contributed by atoms with Crippen LogP contribution in [0, 0.1) is 0 Å². The molecule has 362 valence electrons. The molecule has 0 aromatic carbocycles. The fraction of sp³-hybridized carbons (Fsp3) is 0.722. The van der Waals surface area contributed by atoms with Crippen molar-refractivity contribution in [1.29, 1.82) is 0 Å². The number of unbranched alkanes of at least 4 members (excludes halogenated alkanes) is 18. The summed E-state index contributed by atoms with van der Waals surface area (Å²) in [6.07, 6.45) is 53.9. The van der Waals surface area contributed by atoms with Gasteiger partial charge in [-0.15, -0.1) is 0 Å². The molecule has 9 nitrogen and oxygen atoms in total. The Bertz CT molecular complexity index is 1260. The molecule has 0 bridgehead atoms. The molecule has 0 fully saturated rings. The molecule has 0 aromatic heterocycles. The maximum Gasteiger partial charge on any atom is 0.361 e. The van der Waals surface area contributed by atoms with Gasteiger partial charge in [-0.2, -0.15) is 0 Å². The van der Waals surface area contributed by atoms with Gasteiger partial charge >= 0.3 is 17.9 Å². The predicted octanol–water partition coefficient (Wildman–Crippen LogP) is 13.9. The standard InChI is InChI=1S/C54H93NO8/c1-6-8-10-12-14-16-18-20-22-23-24-25-26-27-28-29-31-33-35-37-39-41-43-45-52(57)63-50(49-62-54(53(58)59)60-47-46-55(3,4)5)48-61-51(56)44-42-40-38-36-34-32-30-21-19-17-15-13-11-9-7-2/h8,10,14,16,20,22,24-25,27-28,31,33,50,54H,6-7,9,11-13,15,17-19,21,23,26,29-30,32,34-49H2,1-5H3/p+1/b10-8-,16-14-,22-20-,25-24-,28-27-,33-31-. The van der Waals surface area contributed by atoms with Crippen molar-refractivity contribution >= 4 is 17.9 Å². The summed E-state index contributed by atoms with van der Waals surface area (Å²) in [6, 6.07) is 0. The van der Waals surface area contributed by atoms with Crippen LogP contribution < -0.4 is 0 Å². The fourth-order valence-electron chi connectivity index (χ4n) is 6.60. The quantitative estimate of drug-likeness (QED) is 0.0212. The van der Waals surface area contributed by atoms with Gasteiger partial charge in [-0.3, -0.25) is 9.59 Å². The largest absolute Gasteiger partial charge is 0.477 e. The Balaban J connectivity index is 4.42. The second kappa shape index (κ2) is 45.3. The summed E-state index contributed by atoms with van der Waals surface area (Å²) in [5, 5.41) is 9.66. The van der Waals surface area contributed by atoms with Crippen molar-refractivity contribution in [3.63, 3.8) is 0 Å². The lowest BCUT2D eigenvalue weighted by Crippen LogP contribution is -2.40. The number of hydrogen-bond donors (Lipinski definition) is 1. The van der Waals surface area contributed by atoms with Crippen molar-refractivity contribution in [2.24, 2.45) is 0 Å². The SMILES string of the molecule is CC/C=C\C/C=C\C/C=C\C/C=C\C/C=C\C/C=C\CCCCCCC(=O)OC(COC(=O)CCCCCCCCCCCCCCCCC)COC(OCC[N+](C)(C)C)C(=O)O. The minimum absolute atomic E-state index is 0.180. The number of carbonyl (C=O) groups excluding carboxylic acids is 2. The van der Waals surface area contributed by atoms with E-state index >= 15 is 0 Å². The summed E-state index contributed by atoms with van der Waals surface area (Å²) >= 11 is 0. The number of nitrogens with zero attached hydrogens (tertiary/aromatic N) is 1. The van der Waals surface area contributed by atoms with Gasteiger partial charge < -0.3 is 28.5 Å². The molecular weight excluding hydrogens is 791 g/mol.